The van der Waals surface area contributed by atoms with Gasteiger partial charge in [-0.2, -0.15) is 0 Å². The molecule has 1 aliphatic rings. The van der Waals surface area contributed by atoms with Crippen molar-refractivity contribution in [3.8, 4) is 0 Å². The Bertz CT molecular complexity index is 3860. The van der Waals surface area contributed by atoms with E-state index in [1.54, 1.807) is 62.3 Å². The van der Waals surface area contributed by atoms with Crippen LogP contribution in [0.3, 0.4) is 0 Å². The van der Waals surface area contributed by atoms with Crippen molar-refractivity contribution in [3.63, 3.8) is 0 Å². The van der Waals surface area contributed by atoms with E-state index >= 15 is 0 Å². The summed E-state index contributed by atoms with van der Waals surface area (Å²) < 4.78 is 0. The monoisotopic (exact) mass is 1760 g/mol. The number of hydrogen-bond acceptors (Lipinski definition) is 21. The van der Waals surface area contributed by atoms with Crippen molar-refractivity contribution < 1.29 is 101 Å². The molecule has 20 amide bonds. The topological polar surface area (TPSA) is 621 Å². The summed E-state index contributed by atoms with van der Waals surface area (Å²) in [6.45, 7) is 37.8. The fraction of sp³-hybridized carbons (Fsp3) is 0.759. The number of rotatable bonds is 52. The lowest BCUT2D eigenvalue weighted by atomic mass is 9.93. The molecular formula is C83H146N20O21. The van der Waals surface area contributed by atoms with Crippen molar-refractivity contribution >= 4 is 118 Å². The number of aliphatic hydroxyl groups is 1. The molecule has 0 aliphatic carbocycles. The quantitative estimate of drug-likeness (QED) is 0.0304. The van der Waals surface area contributed by atoms with Gasteiger partial charge in [0.15, 0.2) is 0 Å². The second-order valence-corrected chi connectivity index (χ2v) is 37.2. The number of nitrogens with zero attached hydrogens (tertiary/aromatic N) is 1. The number of nitrogens with two attached hydrogens (primary N) is 2. The van der Waals surface area contributed by atoms with Gasteiger partial charge in [0.2, 0.25) is 118 Å². The Morgan fingerprint density at radius 3 is 1.16 bits per heavy atom. The average molecular weight is 1760 g/mol. The van der Waals surface area contributed by atoms with Crippen molar-refractivity contribution in [1.82, 2.24) is 95.3 Å². The van der Waals surface area contributed by atoms with Crippen LogP contribution in [0.4, 0.5) is 0 Å². The molecule has 704 valence electrons. The van der Waals surface area contributed by atoms with E-state index in [0.717, 1.165) is 0 Å². The number of carbonyl (C=O) groups excluding carboxylic acids is 20. The molecule has 124 heavy (non-hydrogen) atoms. The molecule has 0 aromatic heterocycles. The van der Waals surface area contributed by atoms with E-state index < -0.39 is 243 Å². The number of likely N-dealkylation sites (tertiary alicyclic amines) is 1. The van der Waals surface area contributed by atoms with Crippen LogP contribution >= 0.6 is 0 Å². The molecule has 1 fully saturated rings. The van der Waals surface area contributed by atoms with Gasteiger partial charge >= 0.3 is 0 Å². The highest BCUT2D eigenvalue weighted by molar-refractivity contribution is 6.04. The first-order chi connectivity index (χ1) is 56.7. The third kappa shape index (κ3) is 35.9. The van der Waals surface area contributed by atoms with Gasteiger partial charge in [-0.15, -0.1) is 0 Å². The molecule has 1 rings (SSSR count). The van der Waals surface area contributed by atoms with Gasteiger partial charge in [-0.05, 0) is 191 Å². The third-order valence-corrected chi connectivity index (χ3v) is 21.2. The van der Waals surface area contributed by atoms with Crippen LogP contribution in [0.2, 0.25) is 0 Å². The molecule has 22 N–H and O–H groups in total. The Balaban J connectivity index is 3.29. The summed E-state index contributed by atoms with van der Waals surface area (Å²) in [6, 6.07) is -9.84. The number of hydrogen-bond donors (Lipinski definition) is 20. The van der Waals surface area contributed by atoms with E-state index in [4.69, 9.17) is 11.5 Å². The van der Waals surface area contributed by atoms with Gasteiger partial charge in [-0.25, -0.2) is 0 Å². The largest absolute Gasteiger partial charge is 0.394 e. The first-order valence-electron chi connectivity index (χ1n) is 42.5. The van der Waals surface area contributed by atoms with Gasteiger partial charge < -0.3 is 112 Å². The predicted octanol–water partition coefficient (Wildman–Crippen LogP) is -2.32. The molecular weight excluding hydrogens is 1610 g/mol. The van der Waals surface area contributed by atoms with Crippen molar-refractivity contribution in [2.75, 3.05) is 26.2 Å². The lowest BCUT2D eigenvalue weighted by Gasteiger charge is -2.37. The van der Waals surface area contributed by atoms with Crippen LogP contribution in [0.1, 0.15) is 263 Å². The second-order valence-electron chi connectivity index (χ2n) is 37.2. The summed E-state index contributed by atoms with van der Waals surface area (Å²) in [5, 5.41) is 53.9. The molecule has 1 aliphatic heterocycles. The molecule has 11 unspecified atom stereocenters. The number of carbonyl (C=O) groups is 20. The number of nitrogens with one attached hydrogen (secondary N) is 17. The maximum absolute atomic E-state index is 14.5. The Morgan fingerprint density at radius 2 is 0.734 bits per heavy atom. The Morgan fingerprint density at radius 1 is 0.371 bits per heavy atom. The molecule has 0 aromatic rings. The van der Waals surface area contributed by atoms with Gasteiger partial charge in [0.1, 0.15) is 86.6 Å². The van der Waals surface area contributed by atoms with Gasteiger partial charge in [0.05, 0.1) is 25.7 Å². The van der Waals surface area contributed by atoms with E-state index in [0.29, 0.717) is 12.8 Å². The van der Waals surface area contributed by atoms with E-state index in [1.165, 1.54) is 109 Å². The minimum Gasteiger partial charge on any atom is -0.394 e. The summed E-state index contributed by atoms with van der Waals surface area (Å²) in [5.41, 5.74) is -2.91. The van der Waals surface area contributed by atoms with Crippen LogP contribution in [-0.2, 0) is 95.9 Å². The first-order valence-corrected chi connectivity index (χ1v) is 42.5. The molecule has 0 aromatic carbocycles. The normalized spacial score (nSPS) is 16.3. The molecule has 1 saturated heterocycles. The predicted molar refractivity (Wildman–Crippen MR) is 459 cm³/mol. The van der Waals surface area contributed by atoms with Crippen LogP contribution in [0.5, 0.6) is 0 Å². The van der Waals surface area contributed by atoms with Gasteiger partial charge in [-0.1, -0.05) is 76.2 Å². The molecule has 0 radical (unpaired) electrons. The van der Waals surface area contributed by atoms with Crippen LogP contribution in [0.25, 0.3) is 0 Å². The van der Waals surface area contributed by atoms with Crippen LogP contribution in [-0.4, -0.2) is 247 Å². The van der Waals surface area contributed by atoms with Gasteiger partial charge in [-0.3, -0.25) is 95.9 Å². The minimum atomic E-state index is -1.85. The zero-order valence-corrected chi connectivity index (χ0v) is 77.7. The fourth-order valence-corrected chi connectivity index (χ4v) is 12.9. The Labute approximate surface area is 728 Å². The molecule has 11 atom stereocenters. The fourth-order valence-electron chi connectivity index (χ4n) is 12.9. The molecule has 41 heteroatoms. The molecule has 1 heterocycles. The van der Waals surface area contributed by atoms with Crippen LogP contribution in [0.15, 0.2) is 0 Å². The zero-order valence-electron chi connectivity index (χ0n) is 77.7. The van der Waals surface area contributed by atoms with E-state index in [1.807, 2.05) is 13.8 Å². The highest BCUT2D eigenvalue weighted by Crippen LogP contribution is 2.25. The maximum atomic E-state index is 14.5. The summed E-state index contributed by atoms with van der Waals surface area (Å²) in [6.07, 6.45) is -0.595. The van der Waals surface area contributed by atoms with E-state index in [-0.39, 0.29) is 88.0 Å². The summed E-state index contributed by atoms with van der Waals surface area (Å²) in [7, 11) is 0. The van der Waals surface area contributed by atoms with Crippen molar-refractivity contribution in [2.24, 2.45) is 35.1 Å². The summed E-state index contributed by atoms with van der Waals surface area (Å²) >= 11 is 0. The Hall–Kier alpha value is -10.6. The third-order valence-electron chi connectivity index (χ3n) is 21.2. The SMILES string of the molecule is CCC(C)(NC(=O)CNC(=O)C(C)(C)NC(=O)C(CC(C)C)NC(=O)C(C)(CC)NC(=O)C(CCC(N)=O)NC(=O)C(C)(CC)NC(=O)C(CC(C)C)NC(=O)C(C)NC(=O)CNC(=O)C(C)(C)NC(C)=O)C(=O)NC(C)(C)C(=O)N1CCCC1C(=O)NC(CC(C)C)C(=O)NC(C)(C)C(=O)NC(C)(C)C(=O)NC(CCC(N)=O)C(=O)NC(CO)CC(C)C. The van der Waals surface area contributed by atoms with Crippen molar-refractivity contribution in [2.45, 2.75) is 356 Å². The second kappa shape index (κ2) is 48.0. The number of amides is 20. The van der Waals surface area contributed by atoms with Crippen LogP contribution in [0, 0.1) is 23.7 Å². The molecule has 0 saturated carbocycles. The van der Waals surface area contributed by atoms with Gasteiger partial charge in [0, 0.05) is 26.3 Å². The average Bonchev–Trinajstić information content (AvgIpc) is 1.38. The van der Waals surface area contributed by atoms with E-state index in [9.17, 15) is 101 Å². The highest BCUT2D eigenvalue weighted by atomic mass is 16.3. The first kappa shape index (κ1) is 111. The zero-order chi connectivity index (χ0) is 96.1. The highest BCUT2D eigenvalue weighted by Gasteiger charge is 2.48. The number of aliphatic hydroxyl groups excluding tert-OH is 1. The summed E-state index contributed by atoms with van der Waals surface area (Å²) in [5.74, 6) is -16.6. The standard InChI is InChI=1S/C83H146N20O21/c1-27-81(24,100-66(115)54(39-46(8)9)90-61(110)48(12)88-59(108)41-86-68(117)76(14,15)95-49(13)105)72(121)93-52(33-35-58(85)107)63(112)99-82(25,28-2)73(122)94-55(40-47(10)11)65(114)97-77(16,17)69(118)87-42-60(109)96-83(26,29-3)74(123)102-80(22,23)75(124)103-36-30-31-56(103)67(116)91-53(38-45(6)7)64(113)98-79(20,21)71(120)101-78(18,19)70(119)92-51(32-34-57(84)106)62(111)89-50(43-104)37-44(4)5/h44-48,50-56,104H,27-43H2,1-26H3,(H2,84,106)(H2,85,107)(H,86,117)(H,87,118)(H,88,108)(H,89,111)(H,90,110)(H,91,116)(H,92,119)(H,93,121)(H,94,122)(H,95,105)(H,96,109)(H,97,114)(H,98,113)(H,99,112)(H,100,115)(H,101,120)(H,102,123). The van der Waals surface area contributed by atoms with Gasteiger partial charge in [0.25, 0.3) is 0 Å². The van der Waals surface area contributed by atoms with Crippen LogP contribution < -0.4 is 102 Å². The molecule has 0 bridgehead atoms. The summed E-state index contributed by atoms with van der Waals surface area (Å²) in [4.78, 5) is 274. The van der Waals surface area contributed by atoms with E-state index in [2.05, 4.69) is 90.4 Å². The van der Waals surface area contributed by atoms with Crippen molar-refractivity contribution in [1.29, 1.82) is 0 Å². The molecule has 41 nitrogen and oxygen atoms in total. The lowest BCUT2D eigenvalue weighted by molar-refractivity contribution is -0.146. The Kier molecular flexibility index (Phi) is 43.1. The molecule has 0 spiro atoms. The maximum Gasteiger partial charge on any atom is 0.248 e. The number of primary amides is 2. The smallest absolute Gasteiger partial charge is 0.248 e. The minimum absolute atomic E-state index is 0.0154. The van der Waals surface area contributed by atoms with Crippen molar-refractivity contribution in [3.05, 3.63) is 0 Å². The lowest BCUT2D eigenvalue weighted by Crippen LogP contribution is -2.66.